The molecule has 6 nitrogen and oxygen atoms in total. The van der Waals surface area contributed by atoms with E-state index in [0.29, 0.717) is 5.92 Å². The number of fused-ring (bicyclic) bond motifs is 1. The van der Waals surface area contributed by atoms with Crippen molar-refractivity contribution >= 4 is 28.8 Å². The van der Waals surface area contributed by atoms with Crippen LogP contribution in [0.4, 0.5) is 0 Å². The topological polar surface area (TPSA) is 90.5 Å². The first-order valence-corrected chi connectivity index (χ1v) is 8.98. The second-order valence-electron chi connectivity index (χ2n) is 7.01. The fourth-order valence-corrected chi connectivity index (χ4v) is 3.24. The van der Waals surface area contributed by atoms with Gasteiger partial charge in [0.15, 0.2) is 0 Å². The summed E-state index contributed by atoms with van der Waals surface area (Å²) in [6, 6.07) is 7.91. The molecule has 2 aliphatic rings. The Hall–Kier alpha value is -2.76. The Labute approximate surface area is 152 Å². The van der Waals surface area contributed by atoms with Crippen molar-refractivity contribution in [2.45, 2.75) is 31.7 Å². The second-order valence-corrected chi connectivity index (χ2v) is 7.01. The zero-order valence-electron chi connectivity index (χ0n) is 14.8. The van der Waals surface area contributed by atoms with Gasteiger partial charge in [-0.05, 0) is 43.7 Å². The molecule has 1 aromatic heterocycles. The summed E-state index contributed by atoms with van der Waals surface area (Å²) in [4.78, 5) is 25.4. The number of methoxy groups -OCH3 is 1. The number of hydrogen-bond acceptors (Lipinski definition) is 6. The van der Waals surface area contributed by atoms with Gasteiger partial charge in [-0.2, -0.15) is 0 Å². The highest BCUT2D eigenvalue weighted by molar-refractivity contribution is 6.10. The molecule has 0 unspecified atom stereocenters. The molecule has 0 bridgehead atoms. The van der Waals surface area contributed by atoms with Crippen molar-refractivity contribution in [2.24, 2.45) is 22.6 Å². The van der Waals surface area contributed by atoms with E-state index >= 15 is 0 Å². The summed E-state index contributed by atoms with van der Waals surface area (Å²) in [5.41, 5.74) is 10.5. The summed E-state index contributed by atoms with van der Waals surface area (Å²) in [5, 5.41) is 0. The quantitative estimate of drug-likeness (QED) is 0.661. The summed E-state index contributed by atoms with van der Waals surface area (Å²) in [5.74, 6) is 0.231. The van der Waals surface area contributed by atoms with Gasteiger partial charge in [-0.3, -0.25) is 14.8 Å². The van der Waals surface area contributed by atoms with Crippen molar-refractivity contribution in [3.05, 3.63) is 41.9 Å². The van der Waals surface area contributed by atoms with Crippen LogP contribution in [0.1, 0.15) is 31.4 Å². The number of aliphatic imine (C=N–C) groups is 1. The van der Waals surface area contributed by atoms with E-state index in [1.807, 2.05) is 30.5 Å². The van der Waals surface area contributed by atoms with Gasteiger partial charge in [-0.25, -0.2) is 4.98 Å². The van der Waals surface area contributed by atoms with Crippen LogP contribution in [-0.4, -0.2) is 35.3 Å². The molecule has 2 N–H and O–H groups in total. The van der Waals surface area contributed by atoms with Gasteiger partial charge in [0.05, 0.1) is 42.0 Å². The van der Waals surface area contributed by atoms with Gasteiger partial charge < -0.3 is 10.5 Å². The maximum absolute atomic E-state index is 11.5. The van der Waals surface area contributed by atoms with E-state index in [1.54, 1.807) is 6.20 Å². The third-order valence-electron chi connectivity index (χ3n) is 5.11. The summed E-state index contributed by atoms with van der Waals surface area (Å²) >= 11 is 0. The molecule has 0 aliphatic heterocycles. The van der Waals surface area contributed by atoms with E-state index in [2.05, 4.69) is 9.98 Å². The number of nitrogens with two attached hydrogens (primary N) is 1. The minimum atomic E-state index is -0.148. The van der Waals surface area contributed by atoms with Gasteiger partial charge >= 0.3 is 5.97 Å². The number of para-hydroxylation sites is 2. The largest absolute Gasteiger partial charge is 0.469 e. The van der Waals surface area contributed by atoms with Crippen LogP contribution >= 0.6 is 0 Å². The first-order valence-electron chi connectivity index (χ1n) is 8.98. The molecule has 2 aliphatic carbocycles. The SMILES string of the molecule is COC(=O)C1CC(N=CC(=C(N)C2CC2)c2cnc3ccccc3n2)C1. The number of esters is 1. The number of nitrogens with zero attached hydrogens (tertiary/aromatic N) is 3. The van der Waals surface area contributed by atoms with Crippen molar-refractivity contribution in [3.8, 4) is 0 Å². The second kappa shape index (κ2) is 6.86. The molecular formula is C20H22N4O2. The maximum Gasteiger partial charge on any atom is 0.308 e. The average Bonchev–Trinajstić information content (AvgIpc) is 3.47. The molecule has 2 fully saturated rings. The van der Waals surface area contributed by atoms with Crippen LogP contribution in [0.5, 0.6) is 0 Å². The van der Waals surface area contributed by atoms with Crippen molar-refractivity contribution in [3.63, 3.8) is 0 Å². The van der Waals surface area contributed by atoms with Crippen LogP contribution in [-0.2, 0) is 9.53 Å². The lowest BCUT2D eigenvalue weighted by Gasteiger charge is -2.30. The third-order valence-corrected chi connectivity index (χ3v) is 5.11. The van der Waals surface area contributed by atoms with E-state index in [-0.39, 0.29) is 17.9 Å². The summed E-state index contributed by atoms with van der Waals surface area (Å²) in [7, 11) is 1.43. The Morgan fingerprint density at radius 2 is 1.96 bits per heavy atom. The Morgan fingerprint density at radius 3 is 2.65 bits per heavy atom. The zero-order chi connectivity index (χ0) is 18.1. The smallest absolute Gasteiger partial charge is 0.308 e. The first kappa shape index (κ1) is 16.7. The van der Waals surface area contributed by atoms with Crippen molar-refractivity contribution in [2.75, 3.05) is 7.11 Å². The van der Waals surface area contributed by atoms with Crippen LogP contribution in [0.3, 0.4) is 0 Å². The Balaban J connectivity index is 1.58. The van der Waals surface area contributed by atoms with Gasteiger partial charge in [0.2, 0.25) is 0 Å². The zero-order valence-corrected chi connectivity index (χ0v) is 14.8. The third kappa shape index (κ3) is 3.31. The monoisotopic (exact) mass is 350 g/mol. The predicted octanol–water partition coefficient (Wildman–Crippen LogP) is 2.73. The maximum atomic E-state index is 11.5. The molecule has 0 spiro atoms. The Kier molecular flexibility index (Phi) is 4.41. The van der Waals surface area contributed by atoms with Crippen molar-refractivity contribution < 1.29 is 9.53 Å². The molecular weight excluding hydrogens is 328 g/mol. The lowest BCUT2D eigenvalue weighted by atomic mass is 9.81. The lowest BCUT2D eigenvalue weighted by molar-refractivity contribution is -0.148. The Morgan fingerprint density at radius 1 is 1.23 bits per heavy atom. The summed E-state index contributed by atoms with van der Waals surface area (Å²) in [6.07, 6.45) is 7.25. The molecule has 0 saturated heterocycles. The number of rotatable bonds is 5. The standard InChI is InChI=1S/C20H22N4O2/c1-26-20(25)13-8-14(9-13)22-10-15(19(21)12-6-7-12)18-11-23-16-4-2-3-5-17(16)24-18/h2-5,10-14H,6-9,21H2,1H3. The molecule has 134 valence electrons. The van der Waals surface area contributed by atoms with E-state index in [1.165, 1.54) is 7.11 Å². The van der Waals surface area contributed by atoms with Crippen LogP contribution in [0.2, 0.25) is 0 Å². The number of carbonyl (C=O) groups excluding carboxylic acids is 1. The van der Waals surface area contributed by atoms with Gasteiger partial charge in [-0.15, -0.1) is 0 Å². The minimum absolute atomic E-state index is 0.0316. The molecule has 2 aromatic rings. The minimum Gasteiger partial charge on any atom is -0.469 e. The average molecular weight is 350 g/mol. The molecule has 0 amide bonds. The summed E-state index contributed by atoms with van der Waals surface area (Å²) < 4.78 is 4.78. The molecule has 1 aromatic carbocycles. The van der Waals surface area contributed by atoms with Gasteiger partial charge in [-0.1, -0.05) is 12.1 Å². The molecule has 4 rings (SSSR count). The molecule has 0 atom stereocenters. The molecule has 26 heavy (non-hydrogen) atoms. The lowest BCUT2D eigenvalue weighted by Crippen LogP contribution is -2.34. The number of hydrogen-bond donors (Lipinski definition) is 1. The van der Waals surface area contributed by atoms with Crippen LogP contribution in [0.25, 0.3) is 16.6 Å². The van der Waals surface area contributed by atoms with Crippen LogP contribution in [0, 0.1) is 11.8 Å². The highest BCUT2D eigenvalue weighted by atomic mass is 16.5. The van der Waals surface area contributed by atoms with E-state index in [9.17, 15) is 4.79 Å². The normalized spacial score (nSPS) is 23.6. The van der Waals surface area contributed by atoms with Crippen molar-refractivity contribution in [1.29, 1.82) is 0 Å². The van der Waals surface area contributed by atoms with Gasteiger partial charge in [0.25, 0.3) is 0 Å². The number of aromatic nitrogens is 2. The van der Waals surface area contributed by atoms with Crippen molar-refractivity contribution in [1.82, 2.24) is 9.97 Å². The molecule has 1 heterocycles. The predicted molar refractivity (Wildman–Crippen MR) is 100 cm³/mol. The van der Waals surface area contributed by atoms with Crippen LogP contribution < -0.4 is 5.73 Å². The first-order chi connectivity index (χ1) is 12.7. The number of carbonyl (C=O) groups is 1. The van der Waals surface area contributed by atoms with E-state index in [0.717, 1.165) is 53.7 Å². The fraction of sp³-hybridized carbons (Fsp3) is 0.400. The van der Waals surface area contributed by atoms with Gasteiger partial charge in [0.1, 0.15) is 0 Å². The van der Waals surface area contributed by atoms with E-state index in [4.69, 9.17) is 15.5 Å². The number of ether oxygens (including phenoxy) is 1. The fourth-order valence-electron chi connectivity index (χ4n) is 3.24. The molecule has 0 radical (unpaired) electrons. The summed E-state index contributed by atoms with van der Waals surface area (Å²) in [6.45, 7) is 0. The van der Waals surface area contributed by atoms with Crippen LogP contribution in [0.15, 0.2) is 41.2 Å². The number of allylic oxidation sites excluding steroid dienone is 2. The van der Waals surface area contributed by atoms with Gasteiger partial charge in [0, 0.05) is 17.5 Å². The molecule has 2 saturated carbocycles. The highest BCUT2D eigenvalue weighted by Crippen LogP contribution is 2.37. The molecule has 6 heteroatoms. The number of benzene rings is 1. The highest BCUT2D eigenvalue weighted by Gasteiger charge is 2.35. The van der Waals surface area contributed by atoms with E-state index < -0.39 is 0 Å². The Bertz CT molecular complexity index is 896.